The molecule has 4 nitrogen and oxygen atoms in total. The molecule has 0 fully saturated rings. The fraction of sp³-hybridized carbons (Fsp3) is 0.381. The predicted octanol–water partition coefficient (Wildman–Crippen LogP) is 4.29. The summed E-state index contributed by atoms with van der Waals surface area (Å²) in [4.78, 5) is 12.6. The van der Waals surface area contributed by atoms with E-state index in [4.69, 9.17) is 9.47 Å². The monoisotopic (exact) mass is 339 g/mol. The first-order valence-electron chi connectivity index (χ1n) is 8.81. The van der Waals surface area contributed by atoms with Crippen molar-refractivity contribution in [3.05, 3.63) is 53.1 Å². The van der Waals surface area contributed by atoms with Crippen molar-refractivity contribution in [1.29, 1.82) is 0 Å². The second-order valence-corrected chi connectivity index (χ2v) is 6.55. The highest BCUT2D eigenvalue weighted by molar-refractivity contribution is 5.95. The molecular weight excluding hydrogens is 314 g/mol. The van der Waals surface area contributed by atoms with E-state index in [0.29, 0.717) is 11.4 Å². The second-order valence-electron chi connectivity index (χ2n) is 6.55. The number of fused-ring (bicyclic) bond motifs is 1. The van der Waals surface area contributed by atoms with Gasteiger partial charge in [-0.05, 0) is 74.4 Å². The summed E-state index contributed by atoms with van der Waals surface area (Å²) in [6.45, 7) is 3.76. The zero-order chi connectivity index (χ0) is 17.8. The summed E-state index contributed by atoms with van der Waals surface area (Å²) in [6.07, 6.45) is 3.92. The number of ether oxygens (including phenoxy) is 2. The van der Waals surface area contributed by atoms with Gasteiger partial charge in [0, 0.05) is 0 Å². The van der Waals surface area contributed by atoms with Crippen LogP contribution in [0.5, 0.6) is 11.5 Å². The summed E-state index contributed by atoms with van der Waals surface area (Å²) >= 11 is 0. The lowest BCUT2D eigenvalue weighted by Crippen LogP contribution is -2.30. The van der Waals surface area contributed by atoms with Crippen molar-refractivity contribution in [2.75, 3.05) is 12.4 Å². The molecule has 0 aromatic heterocycles. The minimum absolute atomic E-state index is 0.183. The number of rotatable bonds is 5. The third-order valence-electron chi connectivity index (χ3n) is 4.64. The molecule has 2 aromatic carbocycles. The molecule has 1 aliphatic rings. The Hall–Kier alpha value is -2.49. The van der Waals surface area contributed by atoms with E-state index in [9.17, 15) is 4.79 Å². The van der Waals surface area contributed by atoms with Crippen molar-refractivity contribution in [2.45, 2.75) is 45.6 Å². The van der Waals surface area contributed by atoms with Gasteiger partial charge in [-0.15, -0.1) is 0 Å². The molecule has 25 heavy (non-hydrogen) atoms. The van der Waals surface area contributed by atoms with E-state index in [-0.39, 0.29) is 5.91 Å². The van der Waals surface area contributed by atoms with Gasteiger partial charge in [0.2, 0.25) is 0 Å². The summed E-state index contributed by atoms with van der Waals surface area (Å²) < 4.78 is 11.3. The number of hydrogen-bond donors (Lipinski definition) is 1. The van der Waals surface area contributed by atoms with E-state index in [1.807, 2.05) is 37.3 Å². The maximum Gasteiger partial charge on any atom is 0.265 e. The van der Waals surface area contributed by atoms with Gasteiger partial charge in [-0.1, -0.05) is 18.2 Å². The van der Waals surface area contributed by atoms with E-state index >= 15 is 0 Å². The summed E-state index contributed by atoms with van der Waals surface area (Å²) in [7, 11) is 1.59. The van der Waals surface area contributed by atoms with Crippen molar-refractivity contribution in [2.24, 2.45) is 0 Å². The number of anilines is 1. The molecule has 1 atom stereocenters. The average Bonchev–Trinajstić information content (AvgIpc) is 2.62. The Bertz CT molecular complexity index is 770. The zero-order valence-electron chi connectivity index (χ0n) is 15.1. The molecule has 0 spiro atoms. The van der Waals surface area contributed by atoms with Gasteiger partial charge in [0.25, 0.3) is 5.91 Å². The van der Waals surface area contributed by atoms with Crippen molar-refractivity contribution in [1.82, 2.24) is 0 Å². The Balaban J connectivity index is 1.73. The molecule has 0 heterocycles. The highest BCUT2D eigenvalue weighted by Gasteiger charge is 2.20. The minimum Gasteiger partial charge on any atom is -0.495 e. The number of methoxy groups -OCH3 is 1. The Morgan fingerprint density at radius 1 is 1.12 bits per heavy atom. The van der Waals surface area contributed by atoms with E-state index in [0.717, 1.165) is 24.2 Å². The summed E-state index contributed by atoms with van der Waals surface area (Å²) in [6, 6.07) is 11.8. The van der Waals surface area contributed by atoms with E-state index in [1.165, 1.54) is 24.0 Å². The lowest BCUT2D eigenvalue weighted by atomic mass is 9.91. The Morgan fingerprint density at radius 2 is 1.92 bits per heavy atom. The molecule has 0 saturated heterocycles. The number of nitrogens with one attached hydrogen (secondary N) is 1. The van der Waals surface area contributed by atoms with Crippen LogP contribution in [0.25, 0.3) is 0 Å². The van der Waals surface area contributed by atoms with Gasteiger partial charge < -0.3 is 14.8 Å². The first kappa shape index (κ1) is 17.3. The molecule has 1 aliphatic carbocycles. The van der Waals surface area contributed by atoms with Crippen LogP contribution in [-0.4, -0.2) is 19.1 Å². The van der Waals surface area contributed by atoms with Crippen LogP contribution in [0.15, 0.2) is 36.4 Å². The number of hydrogen-bond acceptors (Lipinski definition) is 3. The van der Waals surface area contributed by atoms with Crippen molar-refractivity contribution in [3.63, 3.8) is 0 Å². The number of carbonyl (C=O) groups excluding carboxylic acids is 1. The Morgan fingerprint density at radius 3 is 2.72 bits per heavy atom. The van der Waals surface area contributed by atoms with Gasteiger partial charge in [0.05, 0.1) is 12.8 Å². The first-order valence-corrected chi connectivity index (χ1v) is 8.81. The van der Waals surface area contributed by atoms with Gasteiger partial charge in [-0.25, -0.2) is 0 Å². The standard InChI is InChI=1S/C21H25NO3/c1-14-11-12-20(24-3)18(13-14)22-21(23)15(2)25-19-10-6-8-16-7-4-5-9-17(16)19/h6,8,10-13,15H,4-5,7,9H2,1-3H3,(H,22,23)/t15-/m1/s1. The predicted molar refractivity (Wildman–Crippen MR) is 99.5 cm³/mol. The molecule has 0 unspecified atom stereocenters. The molecular formula is C21H25NO3. The number of benzene rings is 2. The topological polar surface area (TPSA) is 47.6 Å². The number of amides is 1. The summed E-state index contributed by atoms with van der Waals surface area (Å²) in [5, 5.41) is 2.91. The van der Waals surface area contributed by atoms with Crippen molar-refractivity contribution in [3.8, 4) is 11.5 Å². The summed E-state index contributed by atoms with van der Waals surface area (Å²) in [5.41, 5.74) is 4.32. The lowest BCUT2D eigenvalue weighted by molar-refractivity contribution is -0.122. The number of aryl methyl sites for hydroxylation is 2. The van der Waals surface area contributed by atoms with Crippen LogP contribution in [0.1, 0.15) is 36.5 Å². The van der Waals surface area contributed by atoms with Gasteiger partial charge >= 0.3 is 0 Å². The van der Waals surface area contributed by atoms with Crippen LogP contribution in [0.2, 0.25) is 0 Å². The van der Waals surface area contributed by atoms with Gasteiger partial charge in [0.1, 0.15) is 11.5 Å². The zero-order valence-corrected chi connectivity index (χ0v) is 15.1. The van der Waals surface area contributed by atoms with E-state index in [1.54, 1.807) is 14.0 Å². The maximum absolute atomic E-state index is 12.6. The fourth-order valence-electron chi connectivity index (χ4n) is 3.25. The first-order chi connectivity index (χ1) is 12.1. The third kappa shape index (κ3) is 3.95. The highest BCUT2D eigenvalue weighted by atomic mass is 16.5. The average molecular weight is 339 g/mol. The molecule has 0 aliphatic heterocycles. The molecule has 132 valence electrons. The van der Waals surface area contributed by atoms with Crippen molar-refractivity contribution < 1.29 is 14.3 Å². The normalized spacial score (nSPS) is 14.4. The lowest BCUT2D eigenvalue weighted by Gasteiger charge is -2.22. The van der Waals surface area contributed by atoms with Gasteiger partial charge in [0.15, 0.2) is 6.10 Å². The van der Waals surface area contributed by atoms with Crippen LogP contribution in [0.3, 0.4) is 0 Å². The highest BCUT2D eigenvalue weighted by Crippen LogP contribution is 2.30. The molecule has 1 amide bonds. The Labute approximate surface area is 149 Å². The molecule has 3 rings (SSSR count). The van der Waals surface area contributed by atoms with Crippen LogP contribution >= 0.6 is 0 Å². The van der Waals surface area contributed by atoms with Gasteiger partial charge in [-0.2, -0.15) is 0 Å². The molecule has 0 bridgehead atoms. The van der Waals surface area contributed by atoms with Crippen molar-refractivity contribution >= 4 is 11.6 Å². The van der Waals surface area contributed by atoms with Gasteiger partial charge in [-0.3, -0.25) is 4.79 Å². The second kappa shape index (κ2) is 7.60. The largest absolute Gasteiger partial charge is 0.495 e. The smallest absolute Gasteiger partial charge is 0.265 e. The third-order valence-corrected chi connectivity index (χ3v) is 4.64. The molecule has 4 heteroatoms. The minimum atomic E-state index is -0.585. The molecule has 2 aromatic rings. The van der Waals surface area contributed by atoms with Crippen LogP contribution in [0.4, 0.5) is 5.69 Å². The fourth-order valence-corrected chi connectivity index (χ4v) is 3.25. The van der Waals surface area contributed by atoms with E-state index in [2.05, 4.69) is 11.4 Å². The van der Waals surface area contributed by atoms with E-state index < -0.39 is 6.10 Å². The maximum atomic E-state index is 12.6. The van der Waals surface area contributed by atoms with Crippen LogP contribution < -0.4 is 14.8 Å². The van der Waals surface area contributed by atoms with Crippen LogP contribution in [-0.2, 0) is 17.6 Å². The quantitative estimate of drug-likeness (QED) is 0.884. The molecule has 1 N–H and O–H groups in total. The Kier molecular flexibility index (Phi) is 5.27. The molecule has 0 radical (unpaired) electrons. The van der Waals surface area contributed by atoms with Crippen LogP contribution in [0, 0.1) is 6.92 Å². The SMILES string of the molecule is COc1ccc(C)cc1NC(=O)[C@@H](C)Oc1cccc2c1CCCC2. The molecule has 0 saturated carbocycles. The number of carbonyl (C=O) groups is 1. The summed E-state index contributed by atoms with van der Waals surface area (Å²) in [5.74, 6) is 1.29.